The molecule has 1 heterocycles. The van der Waals surface area contributed by atoms with E-state index in [-0.39, 0.29) is 5.92 Å². The molecule has 0 radical (unpaired) electrons. The van der Waals surface area contributed by atoms with Crippen LogP contribution < -0.4 is 0 Å². The molecule has 3 rings (SSSR count). The minimum absolute atomic E-state index is 0.217. The maximum atomic E-state index is 12.2. The highest BCUT2D eigenvalue weighted by molar-refractivity contribution is 8.00. The quantitative estimate of drug-likeness (QED) is 0.619. The lowest BCUT2D eigenvalue weighted by Crippen LogP contribution is -2.30. The summed E-state index contributed by atoms with van der Waals surface area (Å²) in [4.78, 5) is 13.4. The number of hydrogen-bond donors (Lipinski definition) is 0. The zero-order valence-electron chi connectivity index (χ0n) is 8.35. The van der Waals surface area contributed by atoms with Gasteiger partial charge in [-0.3, -0.25) is 4.79 Å². The molecule has 0 aromatic heterocycles. The molecule has 0 saturated heterocycles. The summed E-state index contributed by atoms with van der Waals surface area (Å²) in [5.41, 5.74) is 0.930. The Morgan fingerprint density at radius 3 is 3.07 bits per heavy atom. The van der Waals surface area contributed by atoms with Gasteiger partial charge in [-0.1, -0.05) is 30.4 Å². The number of ketones is 1. The van der Waals surface area contributed by atoms with E-state index in [0.717, 1.165) is 23.3 Å². The third kappa shape index (κ3) is 1.44. The molecule has 0 N–H and O–H groups in total. The molecule has 1 aromatic rings. The lowest BCUT2D eigenvalue weighted by Gasteiger charge is -2.31. The SMILES string of the molecule is O=C1c2ccccc2SC2C=CCC[C@H]12. The number of hydrogen-bond acceptors (Lipinski definition) is 2. The normalized spacial score (nSPS) is 28.4. The highest BCUT2D eigenvalue weighted by atomic mass is 32.2. The first-order chi connectivity index (χ1) is 7.36. The van der Waals surface area contributed by atoms with Crippen molar-refractivity contribution in [3.8, 4) is 0 Å². The van der Waals surface area contributed by atoms with Crippen molar-refractivity contribution < 1.29 is 4.79 Å². The van der Waals surface area contributed by atoms with Crippen LogP contribution in [0.1, 0.15) is 23.2 Å². The molecule has 76 valence electrons. The van der Waals surface area contributed by atoms with Crippen molar-refractivity contribution in [1.82, 2.24) is 0 Å². The van der Waals surface area contributed by atoms with Crippen molar-refractivity contribution in [3.05, 3.63) is 42.0 Å². The maximum absolute atomic E-state index is 12.2. The Balaban J connectivity index is 2.07. The Labute approximate surface area is 93.6 Å². The fourth-order valence-corrected chi connectivity index (χ4v) is 3.69. The summed E-state index contributed by atoms with van der Waals surface area (Å²) in [6, 6.07) is 7.97. The number of carbonyl (C=O) groups is 1. The Bertz CT molecular complexity index is 436. The third-order valence-electron chi connectivity index (χ3n) is 3.12. The molecular weight excluding hydrogens is 204 g/mol. The summed E-state index contributed by atoms with van der Waals surface area (Å²) < 4.78 is 0. The molecule has 0 fully saturated rings. The molecule has 2 atom stereocenters. The molecule has 2 heteroatoms. The zero-order valence-corrected chi connectivity index (χ0v) is 9.17. The number of fused-ring (bicyclic) bond motifs is 2. The molecule has 0 amide bonds. The summed E-state index contributed by atoms with van der Waals surface area (Å²) in [7, 11) is 0. The van der Waals surface area contributed by atoms with E-state index in [1.165, 1.54) is 0 Å². The van der Waals surface area contributed by atoms with Crippen LogP contribution in [-0.4, -0.2) is 11.0 Å². The standard InChI is InChI=1S/C13H12OS/c14-13-9-5-1-3-7-11(9)15-12-8-4-2-6-10(12)13/h1,3-5,7-8,10,12H,2,6H2/t10-,12?/m0/s1. The van der Waals surface area contributed by atoms with Gasteiger partial charge in [-0.15, -0.1) is 11.8 Å². The number of rotatable bonds is 0. The van der Waals surface area contributed by atoms with E-state index in [0.29, 0.717) is 11.0 Å². The average molecular weight is 216 g/mol. The molecule has 2 aliphatic rings. The number of thioether (sulfide) groups is 1. The largest absolute Gasteiger partial charge is 0.294 e. The molecule has 1 unspecified atom stereocenters. The molecule has 1 aromatic carbocycles. The Morgan fingerprint density at radius 2 is 2.13 bits per heavy atom. The minimum atomic E-state index is 0.217. The second-order valence-corrected chi connectivity index (χ2v) is 5.27. The number of benzene rings is 1. The monoisotopic (exact) mass is 216 g/mol. The van der Waals surface area contributed by atoms with Crippen LogP contribution in [0.2, 0.25) is 0 Å². The van der Waals surface area contributed by atoms with Crippen molar-refractivity contribution in [2.24, 2.45) is 5.92 Å². The van der Waals surface area contributed by atoms with Crippen LogP contribution in [0.25, 0.3) is 0 Å². The predicted octanol–water partition coefficient (Wildman–Crippen LogP) is 3.31. The van der Waals surface area contributed by atoms with Crippen molar-refractivity contribution in [1.29, 1.82) is 0 Å². The molecule has 0 bridgehead atoms. The average Bonchev–Trinajstić information content (AvgIpc) is 2.30. The summed E-state index contributed by atoms with van der Waals surface area (Å²) in [6.07, 6.45) is 6.47. The highest BCUT2D eigenvalue weighted by Gasteiger charge is 2.35. The van der Waals surface area contributed by atoms with Crippen LogP contribution in [0, 0.1) is 5.92 Å². The smallest absolute Gasteiger partial charge is 0.168 e. The van der Waals surface area contributed by atoms with Gasteiger partial charge in [0.25, 0.3) is 0 Å². The maximum Gasteiger partial charge on any atom is 0.168 e. The number of Topliss-reactive ketones (excluding diaryl/α,β-unsaturated/α-hetero) is 1. The fourth-order valence-electron chi connectivity index (χ4n) is 2.33. The first-order valence-corrected chi connectivity index (χ1v) is 6.21. The van der Waals surface area contributed by atoms with Crippen molar-refractivity contribution in [2.75, 3.05) is 0 Å². The lowest BCUT2D eigenvalue weighted by molar-refractivity contribution is 0.0909. The molecule has 1 nitrogen and oxygen atoms in total. The summed E-state index contributed by atoms with van der Waals surface area (Å²) in [6.45, 7) is 0. The highest BCUT2D eigenvalue weighted by Crippen LogP contribution is 2.42. The van der Waals surface area contributed by atoms with Crippen molar-refractivity contribution >= 4 is 17.5 Å². The molecule has 0 saturated carbocycles. The van der Waals surface area contributed by atoms with Gasteiger partial charge >= 0.3 is 0 Å². The fraction of sp³-hybridized carbons (Fsp3) is 0.308. The van der Waals surface area contributed by atoms with Gasteiger partial charge in [0, 0.05) is 21.6 Å². The van der Waals surface area contributed by atoms with Gasteiger partial charge in [0.1, 0.15) is 0 Å². The topological polar surface area (TPSA) is 17.1 Å². The van der Waals surface area contributed by atoms with E-state index in [1.807, 2.05) is 30.0 Å². The first-order valence-electron chi connectivity index (χ1n) is 5.33. The molecular formula is C13H12OS. The van der Waals surface area contributed by atoms with Crippen LogP contribution in [0.15, 0.2) is 41.3 Å². The first kappa shape index (κ1) is 9.22. The van der Waals surface area contributed by atoms with E-state index in [9.17, 15) is 4.79 Å². The van der Waals surface area contributed by atoms with E-state index >= 15 is 0 Å². The van der Waals surface area contributed by atoms with E-state index in [4.69, 9.17) is 0 Å². The predicted molar refractivity (Wildman–Crippen MR) is 62.3 cm³/mol. The van der Waals surface area contributed by atoms with E-state index in [1.54, 1.807) is 0 Å². The number of carbonyl (C=O) groups excluding carboxylic acids is 1. The van der Waals surface area contributed by atoms with Gasteiger partial charge in [0.2, 0.25) is 0 Å². The Kier molecular flexibility index (Phi) is 2.17. The van der Waals surface area contributed by atoms with Gasteiger partial charge in [-0.2, -0.15) is 0 Å². The Hall–Kier alpha value is -1.02. The van der Waals surface area contributed by atoms with Gasteiger partial charge in [0.05, 0.1) is 0 Å². The van der Waals surface area contributed by atoms with E-state index in [2.05, 4.69) is 18.2 Å². The second-order valence-electron chi connectivity index (χ2n) is 4.05. The van der Waals surface area contributed by atoms with Crippen LogP contribution >= 0.6 is 11.8 Å². The zero-order chi connectivity index (χ0) is 10.3. The third-order valence-corrected chi connectivity index (χ3v) is 4.49. The van der Waals surface area contributed by atoms with Gasteiger partial charge < -0.3 is 0 Å². The summed E-state index contributed by atoms with van der Waals surface area (Å²) in [5.74, 6) is 0.564. The lowest BCUT2D eigenvalue weighted by atomic mass is 9.86. The van der Waals surface area contributed by atoms with Gasteiger partial charge in [0.15, 0.2) is 5.78 Å². The summed E-state index contributed by atoms with van der Waals surface area (Å²) >= 11 is 1.84. The van der Waals surface area contributed by atoms with Gasteiger partial charge in [-0.05, 0) is 18.9 Å². The molecule has 0 spiro atoms. The Morgan fingerprint density at radius 1 is 1.27 bits per heavy atom. The van der Waals surface area contributed by atoms with E-state index < -0.39 is 0 Å². The second kappa shape index (κ2) is 3.53. The van der Waals surface area contributed by atoms with Crippen LogP contribution in [0.3, 0.4) is 0 Å². The van der Waals surface area contributed by atoms with Crippen LogP contribution in [-0.2, 0) is 0 Å². The van der Waals surface area contributed by atoms with Crippen molar-refractivity contribution in [2.45, 2.75) is 23.0 Å². The van der Waals surface area contributed by atoms with Gasteiger partial charge in [-0.25, -0.2) is 0 Å². The summed E-state index contributed by atoms with van der Waals surface area (Å²) in [5, 5.41) is 0.376. The molecule has 15 heavy (non-hydrogen) atoms. The molecule has 1 aliphatic heterocycles. The minimum Gasteiger partial charge on any atom is -0.294 e. The number of allylic oxidation sites excluding steroid dienone is 1. The van der Waals surface area contributed by atoms with Crippen molar-refractivity contribution in [3.63, 3.8) is 0 Å². The molecule has 1 aliphatic carbocycles. The van der Waals surface area contributed by atoms with Crippen LogP contribution in [0.5, 0.6) is 0 Å². The van der Waals surface area contributed by atoms with Crippen LogP contribution in [0.4, 0.5) is 0 Å².